The van der Waals surface area contributed by atoms with Crippen LogP contribution in [0.4, 0.5) is 4.39 Å². The first-order valence-corrected chi connectivity index (χ1v) is 12.4. The third kappa shape index (κ3) is 6.90. The van der Waals surface area contributed by atoms with Crippen molar-refractivity contribution >= 4 is 12.2 Å². The summed E-state index contributed by atoms with van der Waals surface area (Å²) < 4.78 is 14.8. The lowest BCUT2D eigenvalue weighted by Gasteiger charge is -2.12. The van der Waals surface area contributed by atoms with Gasteiger partial charge in [-0.15, -0.1) is 0 Å². The monoisotopic (exact) mass is 460 g/mol. The fourth-order valence-electron chi connectivity index (χ4n) is 4.33. The van der Waals surface area contributed by atoms with Gasteiger partial charge in [0.2, 0.25) is 0 Å². The van der Waals surface area contributed by atoms with Gasteiger partial charge in [-0.25, -0.2) is 4.39 Å². The van der Waals surface area contributed by atoms with Crippen LogP contribution >= 0.6 is 0 Å². The van der Waals surface area contributed by atoms with Crippen LogP contribution in [-0.4, -0.2) is 0 Å². The Kier molecular flexibility index (Phi) is 8.46. The van der Waals surface area contributed by atoms with E-state index in [2.05, 4.69) is 97.9 Å². The molecule has 0 heterocycles. The van der Waals surface area contributed by atoms with E-state index in [1.807, 2.05) is 31.2 Å². The summed E-state index contributed by atoms with van der Waals surface area (Å²) in [5, 5.41) is 0. The summed E-state index contributed by atoms with van der Waals surface area (Å²) in [6.45, 7) is 4.30. The van der Waals surface area contributed by atoms with Crippen LogP contribution in [-0.2, 0) is 12.8 Å². The minimum absolute atomic E-state index is 0.204. The third-order valence-corrected chi connectivity index (χ3v) is 6.47. The van der Waals surface area contributed by atoms with Crippen LogP contribution in [0.15, 0.2) is 109 Å². The number of halogens is 1. The van der Waals surface area contributed by atoms with Crippen LogP contribution in [0.1, 0.15) is 54.0 Å². The predicted octanol–water partition coefficient (Wildman–Crippen LogP) is 9.52. The Labute approximate surface area is 209 Å². The smallest absolute Gasteiger partial charge is 0.131 e. The van der Waals surface area contributed by atoms with Crippen LogP contribution in [0, 0.1) is 5.82 Å². The largest absolute Gasteiger partial charge is 0.206 e. The zero-order valence-corrected chi connectivity index (χ0v) is 20.6. The molecule has 0 N–H and O–H groups in total. The molecule has 1 heteroatoms. The minimum Gasteiger partial charge on any atom is -0.206 e. The number of hydrogen-bond donors (Lipinski definition) is 0. The Balaban J connectivity index is 1.38. The number of hydrogen-bond acceptors (Lipinski definition) is 0. The Morgan fingerprint density at radius 2 is 1.43 bits per heavy atom. The van der Waals surface area contributed by atoms with E-state index in [1.54, 1.807) is 6.07 Å². The van der Waals surface area contributed by atoms with Crippen LogP contribution in [0.5, 0.6) is 0 Å². The molecule has 4 aromatic rings. The number of rotatable bonds is 9. The molecule has 0 saturated carbocycles. The van der Waals surface area contributed by atoms with Crippen molar-refractivity contribution in [3.63, 3.8) is 0 Å². The lowest BCUT2D eigenvalue weighted by Crippen LogP contribution is -1.98. The molecule has 0 radical (unpaired) electrons. The van der Waals surface area contributed by atoms with Crippen molar-refractivity contribution in [1.82, 2.24) is 0 Å². The second-order valence-electron chi connectivity index (χ2n) is 9.13. The van der Waals surface area contributed by atoms with Gasteiger partial charge in [-0.2, -0.15) is 0 Å². The van der Waals surface area contributed by atoms with Crippen molar-refractivity contribution in [3.8, 4) is 11.1 Å². The maximum absolute atomic E-state index is 14.8. The van der Waals surface area contributed by atoms with Gasteiger partial charge in [-0.3, -0.25) is 0 Å². The van der Waals surface area contributed by atoms with E-state index in [1.165, 1.54) is 16.7 Å². The first kappa shape index (κ1) is 24.4. The topological polar surface area (TPSA) is 0 Å². The van der Waals surface area contributed by atoms with Crippen molar-refractivity contribution < 1.29 is 4.39 Å². The molecule has 0 saturated heterocycles. The summed E-state index contributed by atoms with van der Waals surface area (Å²) in [7, 11) is 0. The number of aryl methyl sites for hydroxylation is 1. The standard InChI is InChI=1S/C34H33F/c1-3-4-6-9-27-16-19-31(20-17-27)33-23-22-32(34(35)25-33)21-18-28-12-14-29(15-13-28)24-26(2)30-10-7-5-8-11-30/h3-5,7-8,10-23,25-26H,6,9,24H2,1-2H3/t26-/m0/s1. The van der Waals surface area contributed by atoms with Gasteiger partial charge in [0.25, 0.3) is 0 Å². The summed E-state index contributed by atoms with van der Waals surface area (Å²) in [6.07, 6.45) is 11.1. The molecule has 4 aromatic carbocycles. The number of benzene rings is 4. The molecule has 0 aliphatic rings. The highest BCUT2D eigenvalue weighted by Crippen LogP contribution is 2.25. The van der Waals surface area contributed by atoms with Crippen molar-refractivity contribution in [2.75, 3.05) is 0 Å². The molecule has 0 bridgehead atoms. The first-order valence-electron chi connectivity index (χ1n) is 12.4. The Morgan fingerprint density at radius 3 is 2.11 bits per heavy atom. The molecular weight excluding hydrogens is 427 g/mol. The molecule has 4 rings (SSSR count). The zero-order chi connectivity index (χ0) is 24.5. The molecule has 0 fully saturated rings. The Morgan fingerprint density at radius 1 is 0.743 bits per heavy atom. The fourth-order valence-corrected chi connectivity index (χ4v) is 4.33. The van der Waals surface area contributed by atoms with Gasteiger partial charge in [0.05, 0.1) is 0 Å². The Bertz CT molecular complexity index is 1260. The van der Waals surface area contributed by atoms with E-state index < -0.39 is 0 Å². The molecule has 0 unspecified atom stereocenters. The minimum atomic E-state index is -0.204. The summed E-state index contributed by atoms with van der Waals surface area (Å²) in [4.78, 5) is 0. The molecule has 0 aliphatic carbocycles. The van der Waals surface area contributed by atoms with E-state index in [0.29, 0.717) is 11.5 Å². The molecule has 0 amide bonds. The lowest BCUT2D eigenvalue weighted by atomic mass is 9.93. The summed E-state index contributed by atoms with van der Waals surface area (Å²) in [5.41, 5.74) is 7.56. The second kappa shape index (κ2) is 12.1. The maximum Gasteiger partial charge on any atom is 0.131 e. The summed E-state index contributed by atoms with van der Waals surface area (Å²) in [5.74, 6) is 0.267. The van der Waals surface area contributed by atoms with Gasteiger partial charge in [0, 0.05) is 5.56 Å². The van der Waals surface area contributed by atoms with Crippen LogP contribution in [0.2, 0.25) is 0 Å². The zero-order valence-electron chi connectivity index (χ0n) is 20.6. The van der Waals surface area contributed by atoms with Crippen molar-refractivity contribution in [3.05, 3.63) is 143 Å². The van der Waals surface area contributed by atoms with Gasteiger partial charge in [0.1, 0.15) is 5.82 Å². The summed E-state index contributed by atoms with van der Waals surface area (Å²) in [6, 6.07) is 33.1. The molecule has 35 heavy (non-hydrogen) atoms. The van der Waals surface area contributed by atoms with Gasteiger partial charge in [-0.05, 0) is 71.6 Å². The average molecular weight is 461 g/mol. The van der Waals surface area contributed by atoms with Crippen molar-refractivity contribution in [2.24, 2.45) is 0 Å². The van der Waals surface area contributed by atoms with Crippen LogP contribution in [0.3, 0.4) is 0 Å². The SMILES string of the molecule is CC=CCCc1ccc(-c2ccc(C=Cc3ccc(C[C@H](C)c4ccccc4)cc3)c(F)c2)cc1. The van der Waals surface area contributed by atoms with Gasteiger partial charge in [-0.1, -0.05) is 122 Å². The van der Waals surface area contributed by atoms with Crippen molar-refractivity contribution in [2.45, 2.75) is 39.0 Å². The highest BCUT2D eigenvalue weighted by molar-refractivity contribution is 5.72. The lowest BCUT2D eigenvalue weighted by molar-refractivity contribution is 0.625. The first-order chi connectivity index (χ1) is 17.1. The van der Waals surface area contributed by atoms with E-state index >= 15 is 0 Å². The molecule has 0 nitrogen and oxygen atoms in total. The quantitative estimate of drug-likeness (QED) is 0.172. The van der Waals surface area contributed by atoms with E-state index in [-0.39, 0.29) is 5.82 Å². The average Bonchev–Trinajstić information content (AvgIpc) is 2.90. The third-order valence-electron chi connectivity index (χ3n) is 6.47. The molecule has 0 aromatic heterocycles. The highest BCUT2D eigenvalue weighted by Gasteiger charge is 2.07. The highest BCUT2D eigenvalue weighted by atomic mass is 19.1. The fraction of sp³-hybridized carbons (Fsp3) is 0.176. The maximum atomic E-state index is 14.8. The Hall–Kier alpha value is -3.71. The molecule has 1 atom stereocenters. The van der Waals surface area contributed by atoms with E-state index in [4.69, 9.17) is 0 Å². The van der Waals surface area contributed by atoms with Crippen LogP contribution in [0.25, 0.3) is 23.3 Å². The normalized spacial score (nSPS) is 12.4. The van der Waals surface area contributed by atoms with Gasteiger partial charge in [0.15, 0.2) is 0 Å². The van der Waals surface area contributed by atoms with Gasteiger partial charge >= 0.3 is 0 Å². The van der Waals surface area contributed by atoms with Crippen molar-refractivity contribution in [1.29, 1.82) is 0 Å². The number of allylic oxidation sites excluding steroid dienone is 2. The second-order valence-corrected chi connectivity index (χ2v) is 9.13. The molecule has 0 aliphatic heterocycles. The summed E-state index contributed by atoms with van der Waals surface area (Å²) >= 11 is 0. The van der Waals surface area contributed by atoms with Crippen LogP contribution < -0.4 is 0 Å². The predicted molar refractivity (Wildman–Crippen MR) is 149 cm³/mol. The van der Waals surface area contributed by atoms with Gasteiger partial charge < -0.3 is 0 Å². The molecule has 0 spiro atoms. The molecule has 176 valence electrons. The molecular formula is C34H33F. The van der Waals surface area contributed by atoms with E-state index in [0.717, 1.165) is 36.0 Å². The van der Waals surface area contributed by atoms with E-state index in [9.17, 15) is 4.39 Å².